The number of benzene rings is 1. The molecule has 0 saturated carbocycles. The molecule has 1 aromatic rings. The minimum Gasteiger partial charge on any atom is -0.506 e. The summed E-state index contributed by atoms with van der Waals surface area (Å²) in [6, 6.07) is 2.62. The summed E-state index contributed by atoms with van der Waals surface area (Å²) >= 11 is 8.75. The molecule has 0 aromatic heterocycles. The molecule has 0 fully saturated rings. The molecule has 13 heavy (non-hydrogen) atoms. The van der Waals surface area contributed by atoms with Gasteiger partial charge in [0.1, 0.15) is 5.75 Å². The standard InChI is InChI=1S/C8H7BrClNO2/c9-3-8(13)4-1-7(12)6(11)2-5(4)10/h1-2,12H,3,11H2. The molecular weight excluding hydrogens is 257 g/mol. The van der Waals surface area contributed by atoms with Gasteiger partial charge < -0.3 is 10.8 Å². The highest BCUT2D eigenvalue weighted by Gasteiger charge is 2.11. The lowest BCUT2D eigenvalue weighted by molar-refractivity contribution is 0.102. The average Bonchev–Trinajstić information content (AvgIpc) is 2.10. The summed E-state index contributed by atoms with van der Waals surface area (Å²) in [5.74, 6) is -0.325. The van der Waals surface area contributed by atoms with E-state index in [2.05, 4.69) is 15.9 Å². The maximum absolute atomic E-state index is 11.2. The van der Waals surface area contributed by atoms with Crippen LogP contribution >= 0.6 is 27.5 Å². The van der Waals surface area contributed by atoms with Crippen LogP contribution in [0.1, 0.15) is 10.4 Å². The smallest absolute Gasteiger partial charge is 0.175 e. The van der Waals surface area contributed by atoms with Crippen molar-refractivity contribution in [2.75, 3.05) is 11.1 Å². The van der Waals surface area contributed by atoms with Crippen LogP contribution in [0.15, 0.2) is 12.1 Å². The fourth-order valence-electron chi connectivity index (χ4n) is 0.863. The van der Waals surface area contributed by atoms with Gasteiger partial charge in [-0.3, -0.25) is 4.79 Å². The number of alkyl halides is 1. The Bertz CT molecular complexity index is 354. The van der Waals surface area contributed by atoms with Gasteiger partial charge in [0.2, 0.25) is 0 Å². The van der Waals surface area contributed by atoms with E-state index in [1.54, 1.807) is 0 Å². The van der Waals surface area contributed by atoms with Gasteiger partial charge in [0.05, 0.1) is 16.0 Å². The first kappa shape index (κ1) is 10.3. The first-order valence-electron chi connectivity index (χ1n) is 3.43. The van der Waals surface area contributed by atoms with E-state index in [1.807, 2.05) is 0 Å². The number of Topliss-reactive ketones (excluding diaryl/α,β-unsaturated/α-hetero) is 1. The maximum atomic E-state index is 11.2. The van der Waals surface area contributed by atoms with Crippen molar-refractivity contribution in [1.82, 2.24) is 0 Å². The topological polar surface area (TPSA) is 63.3 Å². The summed E-state index contributed by atoms with van der Waals surface area (Å²) < 4.78 is 0. The molecule has 0 amide bonds. The van der Waals surface area contributed by atoms with Crippen molar-refractivity contribution in [2.45, 2.75) is 0 Å². The molecule has 0 aliphatic heterocycles. The number of carbonyl (C=O) groups is 1. The van der Waals surface area contributed by atoms with Crippen LogP contribution < -0.4 is 5.73 Å². The Hall–Kier alpha value is -0.740. The number of aromatic hydroxyl groups is 1. The number of halogens is 2. The molecule has 0 radical (unpaired) electrons. The molecule has 0 heterocycles. The van der Waals surface area contributed by atoms with Gasteiger partial charge in [-0.2, -0.15) is 0 Å². The number of phenolic OH excluding ortho intramolecular Hbond substituents is 1. The molecule has 1 aromatic carbocycles. The number of anilines is 1. The van der Waals surface area contributed by atoms with Crippen LogP contribution in [0.3, 0.4) is 0 Å². The van der Waals surface area contributed by atoms with Gasteiger partial charge >= 0.3 is 0 Å². The van der Waals surface area contributed by atoms with Gasteiger partial charge in [-0.05, 0) is 12.1 Å². The van der Waals surface area contributed by atoms with Crippen molar-refractivity contribution in [1.29, 1.82) is 0 Å². The Morgan fingerprint density at radius 3 is 2.77 bits per heavy atom. The quantitative estimate of drug-likeness (QED) is 0.372. The monoisotopic (exact) mass is 263 g/mol. The third-order valence-electron chi connectivity index (χ3n) is 1.54. The summed E-state index contributed by atoms with van der Waals surface area (Å²) in [5, 5.41) is 9.63. The predicted molar refractivity (Wildman–Crippen MR) is 55.7 cm³/mol. The third kappa shape index (κ3) is 2.14. The van der Waals surface area contributed by atoms with Crippen molar-refractivity contribution >= 4 is 39.0 Å². The summed E-state index contributed by atoms with van der Waals surface area (Å²) in [7, 11) is 0. The van der Waals surface area contributed by atoms with E-state index < -0.39 is 0 Å². The molecule has 70 valence electrons. The Morgan fingerprint density at radius 1 is 1.62 bits per heavy atom. The summed E-state index contributed by atoms with van der Waals surface area (Å²) in [5.41, 5.74) is 5.81. The van der Waals surface area contributed by atoms with E-state index in [4.69, 9.17) is 17.3 Å². The second-order valence-electron chi connectivity index (χ2n) is 2.45. The minimum absolute atomic E-state index is 0.131. The summed E-state index contributed by atoms with van der Waals surface area (Å²) in [6.07, 6.45) is 0. The number of hydrogen-bond acceptors (Lipinski definition) is 3. The van der Waals surface area contributed by atoms with Crippen molar-refractivity contribution in [2.24, 2.45) is 0 Å². The number of ketones is 1. The normalized spacial score (nSPS) is 10.0. The predicted octanol–water partition coefficient (Wildman–Crippen LogP) is 2.21. The molecule has 5 heteroatoms. The second kappa shape index (κ2) is 3.98. The molecule has 3 N–H and O–H groups in total. The van der Waals surface area contributed by atoms with E-state index in [0.717, 1.165) is 0 Å². The van der Waals surface area contributed by atoms with Crippen LogP contribution in [0.2, 0.25) is 5.02 Å². The number of hydrogen-bond donors (Lipinski definition) is 2. The van der Waals surface area contributed by atoms with Gasteiger partial charge in [0.25, 0.3) is 0 Å². The highest BCUT2D eigenvalue weighted by Crippen LogP contribution is 2.28. The molecule has 0 aliphatic rings. The molecule has 0 unspecified atom stereocenters. The fourth-order valence-corrected chi connectivity index (χ4v) is 1.44. The Morgan fingerprint density at radius 2 is 2.23 bits per heavy atom. The van der Waals surface area contributed by atoms with Crippen molar-refractivity contribution in [3.63, 3.8) is 0 Å². The van der Waals surface area contributed by atoms with Crippen LogP contribution in [0.5, 0.6) is 5.75 Å². The summed E-state index contributed by atoms with van der Waals surface area (Å²) in [4.78, 5) is 11.2. The van der Waals surface area contributed by atoms with E-state index in [1.165, 1.54) is 12.1 Å². The summed E-state index contributed by atoms with van der Waals surface area (Å²) in [6.45, 7) is 0. The number of phenols is 1. The Kier molecular flexibility index (Phi) is 3.17. The van der Waals surface area contributed by atoms with Gasteiger partial charge in [-0.25, -0.2) is 0 Å². The van der Waals surface area contributed by atoms with E-state index >= 15 is 0 Å². The number of nitrogen functional groups attached to an aromatic ring is 1. The minimum atomic E-state index is -0.194. The molecule has 0 saturated heterocycles. The van der Waals surface area contributed by atoms with Crippen LogP contribution in [0.25, 0.3) is 0 Å². The molecule has 1 rings (SSSR count). The van der Waals surface area contributed by atoms with E-state index in [0.29, 0.717) is 0 Å². The molecule has 0 bridgehead atoms. The first-order chi connectivity index (χ1) is 6.06. The highest BCUT2D eigenvalue weighted by molar-refractivity contribution is 9.09. The molecule has 0 aliphatic carbocycles. The van der Waals surface area contributed by atoms with E-state index in [-0.39, 0.29) is 33.1 Å². The SMILES string of the molecule is Nc1cc(Cl)c(C(=O)CBr)cc1O. The van der Waals surface area contributed by atoms with Crippen LogP contribution in [-0.4, -0.2) is 16.2 Å². The second-order valence-corrected chi connectivity index (χ2v) is 3.42. The first-order valence-corrected chi connectivity index (χ1v) is 4.93. The van der Waals surface area contributed by atoms with Crippen LogP contribution in [0, 0.1) is 0 Å². The third-order valence-corrected chi connectivity index (χ3v) is 2.36. The van der Waals surface area contributed by atoms with E-state index in [9.17, 15) is 9.90 Å². The lowest BCUT2D eigenvalue weighted by Gasteiger charge is -2.04. The molecular formula is C8H7BrClNO2. The van der Waals surface area contributed by atoms with Crippen LogP contribution in [-0.2, 0) is 0 Å². The largest absolute Gasteiger partial charge is 0.506 e. The van der Waals surface area contributed by atoms with Crippen molar-refractivity contribution < 1.29 is 9.90 Å². The highest BCUT2D eigenvalue weighted by atomic mass is 79.9. The Labute approximate surface area is 88.6 Å². The number of carbonyl (C=O) groups excluding carboxylic acids is 1. The van der Waals surface area contributed by atoms with Gasteiger partial charge in [0.15, 0.2) is 5.78 Å². The van der Waals surface area contributed by atoms with Gasteiger partial charge in [0, 0.05) is 5.56 Å². The Balaban J connectivity index is 3.23. The lowest BCUT2D eigenvalue weighted by atomic mass is 10.1. The fraction of sp³-hybridized carbons (Fsp3) is 0.125. The van der Waals surface area contributed by atoms with Crippen molar-refractivity contribution in [3.05, 3.63) is 22.7 Å². The zero-order valence-electron chi connectivity index (χ0n) is 6.55. The van der Waals surface area contributed by atoms with Gasteiger partial charge in [-0.15, -0.1) is 0 Å². The molecule has 0 atom stereocenters. The average molecular weight is 265 g/mol. The number of rotatable bonds is 2. The zero-order valence-corrected chi connectivity index (χ0v) is 8.89. The van der Waals surface area contributed by atoms with Crippen LogP contribution in [0.4, 0.5) is 5.69 Å². The maximum Gasteiger partial charge on any atom is 0.175 e. The number of nitrogens with two attached hydrogens (primary N) is 1. The lowest BCUT2D eigenvalue weighted by Crippen LogP contribution is -2.01. The molecule has 0 spiro atoms. The zero-order chi connectivity index (χ0) is 10.0. The van der Waals surface area contributed by atoms with Gasteiger partial charge in [-0.1, -0.05) is 27.5 Å². The van der Waals surface area contributed by atoms with Crippen molar-refractivity contribution in [3.8, 4) is 5.75 Å². The molecule has 3 nitrogen and oxygen atoms in total.